The van der Waals surface area contributed by atoms with Gasteiger partial charge in [0.1, 0.15) is 5.54 Å². The van der Waals surface area contributed by atoms with Gasteiger partial charge in [0, 0.05) is 13.6 Å². The zero-order valence-corrected chi connectivity index (χ0v) is 8.75. The molecule has 2 aliphatic rings. The molecule has 0 atom stereocenters. The van der Waals surface area contributed by atoms with Crippen molar-refractivity contribution in [2.75, 3.05) is 13.6 Å². The summed E-state index contributed by atoms with van der Waals surface area (Å²) in [6, 6.07) is -0.114. The summed E-state index contributed by atoms with van der Waals surface area (Å²) in [4.78, 5) is 26.8. The smallest absolute Gasteiger partial charge is 0.313 e. The fourth-order valence-electron chi connectivity index (χ4n) is 2.33. The van der Waals surface area contributed by atoms with Crippen molar-refractivity contribution >= 4 is 11.9 Å². The van der Waals surface area contributed by atoms with Gasteiger partial charge in [0.15, 0.2) is 0 Å². The van der Waals surface area contributed by atoms with Crippen LogP contribution in [0.5, 0.6) is 0 Å². The van der Waals surface area contributed by atoms with E-state index in [0.29, 0.717) is 6.54 Å². The summed E-state index contributed by atoms with van der Waals surface area (Å²) in [6.45, 7) is 2.54. The van der Waals surface area contributed by atoms with Crippen LogP contribution in [0.15, 0.2) is 0 Å². The van der Waals surface area contributed by atoms with Gasteiger partial charge in [-0.1, -0.05) is 6.92 Å². The first kappa shape index (κ1) is 9.49. The van der Waals surface area contributed by atoms with Crippen LogP contribution in [0.1, 0.15) is 32.6 Å². The Bertz CT molecular complexity index is 284. The van der Waals surface area contributed by atoms with Gasteiger partial charge >= 0.3 is 6.03 Å². The van der Waals surface area contributed by atoms with Crippen molar-refractivity contribution in [3.63, 3.8) is 0 Å². The highest BCUT2D eigenvalue weighted by Crippen LogP contribution is 2.42. The summed E-state index contributed by atoms with van der Waals surface area (Å²) in [5.41, 5.74) is -0.452. The van der Waals surface area contributed by atoms with E-state index in [0.717, 1.165) is 25.7 Å². The van der Waals surface area contributed by atoms with Gasteiger partial charge < -0.3 is 4.90 Å². The minimum absolute atomic E-state index is 0.0260. The molecule has 0 aromatic heterocycles. The molecule has 0 aromatic rings. The third-order valence-electron chi connectivity index (χ3n) is 3.43. The number of amides is 3. The van der Waals surface area contributed by atoms with Gasteiger partial charge in [-0.25, -0.2) is 4.79 Å². The lowest BCUT2D eigenvalue weighted by Crippen LogP contribution is -2.53. The Morgan fingerprint density at radius 2 is 2.00 bits per heavy atom. The summed E-state index contributed by atoms with van der Waals surface area (Å²) in [7, 11) is 1.75. The SMILES string of the molecule is CCCN1C(=O)N(C)C2(CCC2)C1=O. The van der Waals surface area contributed by atoms with Crippen molar-refractivity contribution in [2.24, 2.45) is 0 Å². The summed E-state index contributed by atoms with van der Waals surface area (Å²) in [6.07, 6.45) is 3.58. The molecular weight excluding hydrogens is 180 g/mol. The molecule has 0 bridgehead atoms. The van der Waals surface area contributed by atoms with Crippen molar-refractivity contribution < 1.29 is 9.59 Å². The second kappa shape index (κ2) is 2.97. The molecule has 2 fully saturated rings. The van der Waals surface area contributed by atoms with E-state index in [1.54, 1.807) is 11.9 Å². The van der Waals surface area contributed by atoms with Crippen LogP contribution in [0.2, 0.25) is 0 Å². The number of nitrogens with zero attached hydrogens (tertiary/aromatic N) is 2. The zero-order valence-electron chi connectivity index (χ0n) is 8.75. The summed E-state index contributed by atoms with van der Waals surface area (Å²) in [5.74, 6) is 0.0260. The van der Waals surface area contributed by atoms with Crippen LogP contribution in [-0.2, 0) is 4.79 Å². The van der Waals surface area contributed by atoms with E-state index in [-0.39, 0.29) is 11.9 Å². The van der Waals surface area contributed by atoms with Gasteiger partial charge in [-0.3, -0.25) is 9.69 Å². The normalized spacial score (nSPS) is 24.7. The summed E-state index contributed by atoms with van der Waals surface area (Å²) in [5, 5.41) is 0. The van der Waals surface area contributed by atoms with E-state index in [1.165, 1.54) is 4.90 Å². The van der Waals surface area contributed by atoms with Gasteiger partial charge in [0.05, 0.1) is 0 Å². The lowest BCUT2D eigenvalue weighted by atomic mass is 9.76. The molecule has 1 saturated heterocycles. The van der Waals surface area contributed by atoms with Gasteiger partial charge in [-0.15, -0.1) is 0 Å². The molecule has 1 aliphatic heterocycles. The molecule has 14 heavy (non-hydrogen) atoms. The molecule has 78 valence electrons. The van der Waals surface area contributed by atoms with E-state index in [9.17, 15) is 9.59 Å². The Kier molecular flexibility index (Phi) is 2.01. The fraction of sp³-hybridized carbons (Fsp3) is 0.800. The van der Waals surface area contributed by atoms with Crippen molar-refractivity contribution in [3.8, 4) is 0 Å². The van der Waals surface area contributed by atoms with Crippen LogP contribution in [0.4, 0.5) is 4.79 Å². The number of urea groups is 1. The molecule has 0 unspecified atom stereocenters. The molecule has 4 heteroatoms. The highest BCUT2D eigenvalue weighted by Gasteiger charge is 2.58. The van der Waals surface area contributed by atoms with Crippen molar-refractivity contribution in [3.05, 3.63) is 0 Å². The molecule has 2 rings (SSSR count). The largest absolute Gasteiger partial charge is 0.327 e. The number of imide groups is 1. The van der Waals surface area contributed by atoms with Gasteiger partial charge in [0.25, 0.3) is 5.91 Å². The summed E-state index contributed by atoms with van der Waals surface area (Å²) >= 11 is 0. The number of carbonyl (C=O) groups is 2. The third kappa shape index (κ3) is 0.938. The minimum Gasteiger partial charge on any atom is -0.313 e. The maximum Gasteiger partial charge on any atom is 0.327 e. The maximum absolute atomic E-state index is 12.0. The lowest BCUT2D eigenvalue weighted by Gasteiger charge is -2.40. The number of hydrogen-bond acceptors (Lipinski definition) is 2. The third-order valence-corrected chi connectivity index (χ3v) is 3.43. The van der Waals surface area contributed by atoms with Gasteiger partial charge in [-0.2, -0.15) is 0 Å². The average Bonchev–Trinajstić information content (AvgIpc) is 2.27. The van der Waals surface area contributed by atoms with Crippen molar-refractivity contribution in [1.82, 2.24) is 9.80 Å². The molecule has 1 spiro atoms. The number of carbonyl (C=O) groups excluding carboxylic acids is 2. The minimum atomic E-state index is -0.452. The molecular formula is C10H16N2O2. The van der Waals surface area contributed by atoms with Gasteiger partial charge in [-0.05, 0) is 25.7 Å². The number of hydrogen-bond donors (Lipinski definition) is 0. The highest BCUT2D eigenvalue weighted by atomic mass is 16.2. The average molecular weight is 196 g/mol. The molecule has 0 N–H and O–H groups in total. The molecule has 4 nitrogen and oxygen atoms in total. The van der Waals surface area contributed by atoms with Crippen LogP contribution in [0.3, 0.4) is 0 Å². The second-order valence-electron chi connectivity index (χ2n) is 4.18. The van der Waals surface area contributed by atoms with E-state index in [1.807, 2.05) is 6.92 Å². The molecule has 0 aromatic carbocycles. The fourth-order valence-corrected chi connectivity index (χ4v) is 2.33. The Morgan fingerprint density at radius 3 is 2.36 bits per heavy atom. The van der Waals surface area contributed by atoms with Crippen molar-refractivity contribution in [1.29, 1.82) is 0 Å². The van der Waals surface area contributed by atoms with E-state index in [4.69, 9.17) is 0 Å². The Labute approximate surface area is 83.9 Å². The van der Waals surface area contributed by atoms with Crippen LogP contribution < -0.4 is 0 Å². The molecule has 1 saturated carbocycles. The molecule has 1 heterocycles. The molecule has 1 aliphatic carbocycles. The first-order valence-electron chi connectivity index (χ1n) is 5.23. The van der Waals surface area contributed by atoms with E-state index >= 15 is 0 Å². The number of rotatable bonds is 2. The summed E-state index contributed by atoms with van der Waals surface area (Å²) < 4.78 is 0. The Hall–Kier alpha value is -1.06. The second-order valence-corrected chi connectivity index (χ2v) is 4.18. The molecule has 3 amide bonds. The standard InChI is InChI=1S/C10H16N2O2/c1-3-7-12-8(13)10(5-4-6-10)11(2)9(12)14/h3-7H2,1-2H3. The topological polar surface area (TPSA) is 40.6 Å². The van der Waals surface area contributed by atoms with Crippen LogP contribution in [0.25, 0.3) is 0 Å². The van der Waals surface area contributed by atoms with Crippen LogP contribution >= 0.6 is 0 Å². The van der Waals surface area contributed by atoms with Crippen LogP contribution in [-0.4, -0.2) is 40.9 Å². The predicted octanol–water partition coefficient (Wildman–Crippen LogP) is 1.21. The van der Waals surface area contributed by atoms with Crippen molar-refractivity contribution in [2.45, 2.75) is 38.1 Å². The molecule has 0 radical (unpaired) electrons. The van der Waals surface area contributed by atoms with E-state index < -0.39 is 5.54 Å². The monoisotopic (exact) mass is 196 g/mol. The van der Waals surface area contributed by atoms with E-state index in [2.05, 4.69) is 0 Å². The van der Waals surface area contributed by atoms with Crippen LogP contribution in [0, 0.1) is 0 Å². The maximum atomic E-state index is 12.0. The number of likely N-dealkylation sites (N-methyl/N-ethyl adjacent to an activating group) is 1. The Morgan fingerprint density at radius 1 is 1.36 bits per heavy atom. The first-order chi connectivity index (χ1) is 6.63. The highest BCUT2D eigenvalue weighted by molar-refractivity contribution is 6.07. The quantitative estimate of drug-likeness (QED) is 0.623. The zero-order chi connectivity index (χ0) is 10.3. The Balaban J connectivity index is 2.24. The predicted molar refractivity (Wildman–Crippen MR) is 51.7 cm³/mol. The lowest BCUT2D eigenvalue weighted by molar-refractivity contribution is -0.136. The first-order valence-corrected chi connectivity index (χ1v) is 5.23. The van der Waals surface area contributed by atoms with Gasteiger partial charge in [0.2, 0.25) is 0 Å².